The number of thiazole rings is 1. The van der Waals surface area contributed by atoms with Gasteiger partial charge >= 0.3 is 5.97 Å². The number of fused-ring (bicyclic) bond motifs is 1. The van der Waals surface area contributed by atoms with Gasteiger partial charge in [-0.2, -0.15) is 0 Å². The number of carboxylic acid groups (broad SMARTS) is 1. The molecule has 4 rings (SSSR count). The largest absolute Gasteiger partial charge is 0.477 e. The number of amides is 2. The number of carboxylic acids is 1. The molecule has 1 fully saturated rings. The molecule has 1 saturated heterocycles. The number of β-lactam (4-membered cyclic amide) rings is 1. The summed E-state index contributed by atoms with van der Waals surface area (Å²) in [6, 6.07) is -0.986. The number of aliphatic hydroxyl groups excluding tert-OH is 1. The van der Waals surface area contributed by atoms with Crippen molar-refractivity contribution in [1.82, 2.24) is 35.4 Å². The van der Waals surface area contributed by atoms with Crippen molar-refractivity contribution in [1.29, 1.82) is 0 Å². The lowest BCUT2D eigenvalue weighted by atomic mass is 10.0. The van der Waals surface area contributed by atoms with Crippen molar-refractivity contribution in [2.24, 2.45) is 5.16 Å². The quantitative estimate of drug-likeness (QED) is 0.0615. The van der Waals surface area contributed by atoms with E-state index in [9.17, 15) is 19.5 Å². The molecule has 0 spiro atoms. The van der Waals surface area contributed by atoms with Gasteiger partial charge in [0, 0.05) is 16.9 Å². The lowest BCUT2D eigenvalue weighted by Gasteiger charge is -2.49. The fourth-order valence-corrected chi connectivity index (χ4v) is 6.36. The molecule has 2 aromatic heterocycles. The number of hydrogen-bond donors (Lipinski definition) is 4. The Hall–Kier alpha value is -3.48. The summed E-state index contributed by atoms with van der Waals surface area (Å²) >= 11 is 3.66. The van der Waals surface area contributed by atoms with Crippen molar-refractivity contribution in [3.8, 4) is 0 Å². The van der Waals surface area contributed by atoms with E-state index in [0.717, 1.165) is 11.3 Å². The van der Waals surface area contributed by atoms with Crippen LogP contribution < -0.4 is 11.1 Å². The summed E-state index contributed by atoms with van der Waals surface area (Å²) in [5.41, 5.74) is 5.97. The summed E-state index contributed by atoms with van der Waals surface area (Å²) in [5.74, 6) is -2.00. The second-order valence-corrected chi connectivity index (χ2v) is 10.3. The van der Waals surface area contributed by atoms with Crippen LogP contribution in [-0.2, 0) is 25.8 Å². The number of anilines is 1. The summed E-state index contributed by atoms with van der Waals surface area (Å²) in [5, 5.41) is 38.1. The molecule has 0 saturated carbocycles. The van der Waals surface area contributed by atoms with E-state index in [-0.39, 0.29) is 41.2 Å². The number of rotatable bonds is 12. The van der Waals surface area contributed by atoms with Crippen LogP contribution in [0.15, 0.2) is 39.6 Å². The highest BCUT2D eigenvalue weighted by Gasteiger charge is 2.54. The van der Waals surface area contributed by atoms with Gasteiger partial charge < -0.3 is 26.1 Å². The van der Waals surface area contributed by atoms with E-state index in [1.165, 1.54) is 38.5 Å². The zero-order valence-corrected chi connectivity index (χ0v) is 21.5. The SMILES string of the molecule is C=CCn1nnnc1SCC1=C(C(=O)O)N2C(=O)C(NC(=O)/C(=N\OCCO)c3csc(N)n3)[C@H]2SC1. The smallest absolute Gasteiger partial charge is 0.352 e. The van der Waals surface area contributed by atoms with E-state index >= 15 is 0 Å². The number of carbonyl (C=O) groups is 3. The number of oxime groups is 1. The Morgan fingerprint density at radius 2 is 2.27 bits per heavy atom. The zero-order valence-electron chi connectivity index (χ0n) is 19.0. The Morgan fingerprint density at radius 1 is 1.46 bits per heavy atom. The van der Waals surface area contributed by atoms with Gasteiger partial charge in [-0.1, -0.05) is 23.0 Å². The van der Waals surface area contributed by atoms with Gasteiger partial charge in [0.1, 0.15) is 29.4 Å². The molecule has 1 unspecified atom stereocenters. The lowest BCUT2D eigenvalue weighted by molar-refractivity contribution is -0.150. The molecule has 2 aliphatic rings. The van der Waals surface area contributed by atoms with Crippen LogP contribution in [0.2, 0.25) is 0 Å². The summed E-state index contributed by atoms with van der Waals surface area (Å²) in [4.78, 5) is 48.2. The van der Waals surface area contributed by atoms with E-state index < -0.39 is 29.2 Å². The highest BCUT2D eigenvalue weighted by atomic mass is 32.2. The Bertz CT molecular complexity index is 1280. The number of hydrogen-bond acceptors (Lipinski definition) is 14. The first-order valence-corrected chi connectivity index (χ1v) is 13.5. The summed E-state index contributed by atoms with van der Waals surface area (Å²) in [6.45, 7) is 3.57. The molecule has 5 N–H and O–H groups in total. The maximum absolute atomic E-state index is 13.0. The molecule has 0 aromatic carbocycles. The highest BCUT2D eigenvalue weighted by Crippen LogP contribution is 2.41. The molecule has 2 aromatic rings. The number of nitrogens with one attached hydrogen (secondary N) is 1. The van der Waals surface area contributed by atoms with Crippen LogP contribution in [0.3, 0.4) is 0 Å². The normalized spacial score (nSPS) is 19.3. The highest BCUT2D eigenvalue weighted by molar-refractivity contribution is 8.01. The standard InChI is InChI=1S/C19H21N9O6S3/c1-2-3-27-19(23-25-26-27)37-7-9-6-35-16-12(15(31)28(16)13(9)17(32)33)22-14(30)11(24-34-5-4-29)10-8-36-18(20)21-10/h2,8,12,16,29H,1,3-7H2,(H2,20,21)(H,22,30)(H,32,33)/b24-11-/t12?,16-/m1/s1. The second-order valence-electron chi connectivity index (χ2n) is 7.41. The molecule has 2 atom stereocenters. The minimum Gasteiger partial charge on any atom is -0.477 e. The van der Waals surface area contributed by atoms with E-state index in [0.29, 0.717) is 23.0 Å². The number of aliphatic hydroxyl groups is 1. The molecule has 37 heavy (non-hydrogen) atoms. The Balaban J connectivity index is 1.48. The number of allylic oxidation sites excluding steroid dienone is 1. The van der Waals surface area contributed by atoms with E-state index in [4.69, 9.17) is 15.7 Å². The molecule has 2 amide bonds. The first kappa shape index (κ1) is 26.6. The molecule has 18 heteroatoms. The molecular weight excluding hydrogens is 546 g/mol. The number of aromatic nitrogens is 5. The second kappa shape index (κ2) is 11.7. The van der Waals surface area contributed by atoms with Crippen molar-refractivity contribution < 1.29 is 29.4 Å². The first-order valence-electron chi connectivity index (χ1n) is 10.6. The van der Waals surface area contributed by atoms with E-state index in [1.807, 2.05) is 0 Å². The Morgan fingerprint density at radius 3 is 2.95 bits per heavy atom. The number of aliphatic carboxylic acids is 1. The molecule has 4 heterocycles. The van der Waals surface area contributed by atoms with Gasteiger partial charge in [0.05, 0.1) is 13.2 Å². The average Bonchev–Trinajstić information content (AvgIpc) is 3.51. The van der Waals surface area contributed by atoms with Crippen LogP contribution >= 0.6 is 34.9 Å². The summed E-state index contributed by atoms with van der Waals surface area (Å²) < 4.78 is 1.52. The number of carbonyl (C=O) groups excluding carboxylic acids is 2. The predicted octanol–water partition coefficient (Wildman–Crippen LogP) is -0.858. The minimum absolute atomic E-state index is 0.123. The van der Waals surface area contributed by atoms with Crippen molar-refractivity contribution in [2.45, 2.75) is 23.1 Å². The predicted molar refractivity (Wildman–Crippen MR) is 135 cm³/mol. The number of tetrazole rings is 1. The lowest BCUT2D eigenvalue weighted by Crippen LogP contribution is -2.71. The van der Waals surface area contributed by atoms with Gasteiger partial charge in [0.25, 0.3) is 11.8 Å². The van der Waals surface area contributed by atoms with Gasteiger partial charge in [-0.25, -0.2) is 14.5 Å². The third-order valence-corrected chi connectivity index (χ3v) is 8.09. The number of nitrogens with two attached hydrogens (primary N) is 1. The van der Waals surface area contributed by atoms with E-state index in [2.05, 4.69) is 37.6 Å². The third kappa shape index (κ3) is 5.60. The van der Waals surface area contributed by atoms with Gasteiger partial charge in [0.15, 0.2) is 10.8 Å². The number of thioether (sulfide) groups is 2. The fraction of sp³-hybridized carbons (Fsp3) is 0.368. The van der Waals surface area contributed by atoms with Crippen molar-refractivity contribution in [3.63, 3.8) is 0 Å². The molecule has 0 bridgehead atoms. The molecule has 2 aliphatic heterocycles. The maximum Gasteiger partial charge on any atom is 0.352 e. The topological polar surface area (TPSA) is 211 Å². The van der Waals surface area contributed by atoms with Crippen molar-refractivity contribution in [3.05, 3.63) is 35.0 Å². The van der Waals surface area contributed by atoms with Crippen LogP contribution in [0.4, 0.5) is 5.13 Å². The fourth-order valence-electron chi connectivity index (χ4n) is 3.44. The van der Waals surface area contributed by atoms with E-state index in [1.54, 1.807) is 6.08 Å². The van der Waals surface area contributed by atoms with Crippen molar-refractivity contribution in [2.75, 3.05) is 30.5 Å². The molecule has 0 radical (unpaired) electrons. The minimum atomic E-state index is -1.25. The van der Waals surface area contributed by atoms with Crippen molar-refractivity contribution >= 4 is 63.5 Å². The summed E-state index contributed by atoms with van der Waals surface area (Å²) in [7, 11) is 0. The molecule has 0 aliphatic carbocycles. The maximum atomic E-state index is 13.0. The van der Waals surface area contributed by atoms with Crippen LogP contribution in [0, 0.1) is 0 Å². The van der Waals surface area contributed by atoms with Crippen LogP contribution in [0.1, 0.15) is 5.69 Å². The molecule has 15 nitrogen and oxygen atoms in total. The monoisotopic (exact) mass is 567 g/mol. The van der Waals surface area contributed by atoms with Crippen LogP contribution in [-0.4, -0.2) is 99.9 Å². The number of nitrogen functional groups attached to an aromatic ring is 1. The molecular formula is C19H21N9O6S3. The summed E-state index contributed by atoms with van der Waals surface area (Å²) in [6.07, 6.45) is 1.63. The Labute approximate surface area is 221 Å². The Kier molecular flexibility index (Phi) is 8.41. The zero-order chi connectivity index (χ0) is 26.5. The van der Waals surface area contributed by atoms with Gasteiger partial charge in [-0.15, -0.1) is 34.8 Å². The van der Waals surface area contributed by atoms with Gasteiger partial charge in [-0.3, -0.25) is 14.5 Å². The van der Waals surface area contributed by atoms with Crippen LogP contribution in [0.25, 0.3) is 0 Å². The first-order chi connectivity index (χ1) is 17.8. The number of nitrogens with zero attached hydrogens (tertiary/aromatic N) is 7. The average molecular weight is 568 g/mol. The van der Waals surface area contributed by atoms with Crippen LogP contribution in [0.5, 0.6) is 0 Å². The van der Waals surface area contributed by atoms with Gasteiger partial charge in [0.2, 0.25) is 5.16 Å². The van der Waals surface area contributed by atoms with Gasteiger partial charge in [-0.05, 0) is 16.0 Å². The molecule has 196 valence electrons. The third-order valence-electron chi connectivity index (χ3n) is 5.03.